The summed E-state index contributed by atoms with van der Waals surface area (Å²) in [5, 5.41) is 8.87. The number of aromatic nitrogens is 3. The van der Waals surface area contributed by atoms with Gasteiger partial charge in [-0.05, 0) is 62.9 Å². The van der Waals surface area contributed by atoms with E-state index < -0.39 is 0 Å². The van der Waals surface area contributed by atoms with E-state index >= 15 is 4.39 Å². The third-order valence-electron chi connectivity index (χ3n) is 5.55. The molecule has 3 N–H and O–H groups in total. The molecule has 7 heteroatoms. The van der Waals surface area contributed by atoms with Gasteiger partial charge < -0.3 is 11.1 Å². The number of hydrogen-bond acceptors (Lipinski definition) is 4. The fourth-order valence-corrected chi connectivity index (χ4v) is 3.92. The van der Waals surface area contributed by atoms with Crippen molar-refractivity contribution in [2.24, 2.45) is 5.92 Å². The third-order valence-corrected chi connectivity index (χ3v) is 5.88. The van der Waals surface area contributed by atoms with Crippen molar-refractivity contribution in [1.82, 2.24) is 20.1 Å². The number of aryl methyl sites for hydroxylation is 1. The van der Waals surface area contributed by atoms with Crippen LogP contribution in [0.25, 0.3) is 22.2 Å². The summed E-state index contributed by atoms with van der Waals surface area (Å²) in [5.74, 6) is 0.555. The van der Waals surface area contributed by atoms with Gasteiger partial charge in [-0.3, -0.25) is 4.68 Å². The van der Waals surface area contributed by atoms with Gasteiger partial charge in [0.1, 0.15) is 11.2 Å². The van der Waals surface area contributed by atoms with Crippen molar-refractivity contribution in [3.8, 4) is 11.3 Å². The lowest BCUT2D eigenvalue weighted by molar-refractivity contribution is 0.602. The molecule has 0 radical (unpaired) electrons. The van der Waals surface area contributed by atoms with Crippen molar-refractivity contribution in [1.29, 1.82) is 0 Å². The Balaban J connectivity index is 0.000000294. The van der Waals surface area contributed by atoms with E-state index in [9.17, 15) is 0 Å². The van der Waals surface area contributed by atoms with E-state index in [1.54, 1.807) is 29.1 Å². The van der Waals surface area contributed by atoms with Gasteiger partial charge in [-0.15, -0.1) is 0 Å². The highest BCUT2D eigenvalue weighted by Gasteiger charge is 2.29. The first-order valence-corrected chi connectivity index (χ1v) is 10.7. The van der Waals surface area contributed by atoms with E-state index in [0.29, 0.717) is 34.3 Å². The number of fused-ring (bicyclic) bond motifs is 1. The standard InChI is InChI=1S/C17H16ClFN4.C5H11N/c1-2-14-12-8-21-23(10-4-5-10)17(12)15(19)16(22-14)11-7-9(20)3-6-13(11)18;1-5-2-3-6-4-5/h3,6-8,10H,2,4-5,20H2,1H3;5-6H,2-4H2,1H3. The number of hydrogen-bond donors (Lipinski definition) is 2. The van der Waals surface area contributed by atoms with Crippen molar-refractivity contribution < 1.29 is 4.39 Å². The average molecular weight is 416 g/mol. The second-order valence-corrected chi connectivity index (χ2v) is 8.40. The quantitative estimate of drug-likeness (QED) is 0.591. The van der Waals surface area contributed by atoms with E-state index in [4.69, 9.17) is 17.3 Å². The molecule has 5 nitrogen and oxygen atoms in total. The molecule has 154 valence electrons. The predicted octanol–water partition coefficient (Wildman–Crippen LogP) is 4.99. The molecule has 1 aliphatic carbocycles. The minimum Gasteiger partial charge on any atom is -0.399 e. The van der Waals surface area contributed by atoms with Crippen LogP contribution in [-0.2, 0) is 6.42 Å². The Kier molecular flexibility index (Phi) is 5.74. The monoisotopic (exact) mass is 415 g/mol. The summed E-state index contributed by atoms with van der Waals surface area (Å²) >= 11 is 6.25. The van der Waals surface area contributed by atoms with Crippen LogP contribution in [0.15, 0.2) is 24.4 Å². The van der Waals surface area contributed by atoms with Gasteiger partial charge in [0.15, 0.2) is 5.82 Å². The second-order valence-electron chi connectivity index (χ2n) is 7.99. The Labute approximate surface area is 175 Å². The predicted molar refractivity (Wildman–Crippen MR) is 117 cm³/mol. The first-order chi connectivity index (χ1) is 14.0. The van der Waals surface area contributed by atoms with Gasteiger partial charge in [0.2, 0.25) is 0 Å². The number of pyridine rings is 1. The molecule has 0 amide bonds. The fourth-order valence-electron chi connectivity index (χ4n) is 3.72. The lowest BCUT2D eigenvalue weighted by atomic mass is 10.1. The topological polar surface area (TPSA) is 68.8 Å². The van der Waals surface area contributed by atoms with E-state index in [1.807, 2.05) is 6.92 Å². The van der Waals surface area contributed by atoms with Gasteiger partial charge >= 0.3 is 0 Å². The van der Waals surface area contributed by atoms with Crippen LogP contribution < -0.4 is 11.1 Å². The van der Waals surface area contributed by atoms with E-state index in [2.05, 4.69) is 22.3 Å². The highest BCUT2D eigenvalue weighted by molar-refractivity contribution is 6.33. The summed E-state index contributed by atoms with van der Waals surface area (Å²) in [4.78, 5) is 4.52. The number of nitrogens with two attached hydrogens (primary N) is 1. The molecule has 3 heterocycles. The fraction of sp³-hybridized carbons (Fsp3) is 0.455. The number of nitrogen functional groups attached to an aromatic ring is 1. The molecule has 0 bridgehead atoms. The van der Waals surface area contributed by atoms with Crippen LogP contribution in [0, 0.1) is 11.7 Å². The normalized spacial score (nSPS) is 18.7. The molecule has 1 aromatic carbocycles. The zero-order valence-corrected chi connectivity index (χ0v) is 17.6. The first kappa shape index (κ1) is 20.1. The van der Waals surface area contributed by atoms with Crippen LogP contribution in [0.5, 0.6) is 0 Å². The van der Waals surface area contributed by atoms with Gasteiger partial charge in [0, 0.05) is 16.6 Å². The molecule has 29 heavy (non-hydrogen) atoms. The lowest BCUT2D eigenvalue weighted by Crippen LogP contribution is -2.06. The summed E-state index contributed by atoms with van der Waals surface area (Å²) < 4.78 is 17.0. The summed E-state index contributed by atoms with van der Waals surface area (Å²) in [6.07, 6.45) is 5.86. The number of anilines is 1. The Morgan fingerprint density at radius 1 is 1.31 bits per heavy atom. The maximum atomic E-state index is 15.2. The molecular formula is C22H27ClFN5. The van der Waals surface area contributed by atoms with E-state index in [1.165, 1.54) is 19.5 Å². The molecule has 3 aromatic rings. The van der Waals surface area contributed by atoms with Crippen molar-refractivity contribution in [2.75, 3.05) is 18.8 Å². The van der Waals surface area contributed by atoms with Crippen LogP contribution in [0.3, 0.4) is 0 Å². The molecule has 2 aliphatic rings. The lowest BCUT2D eigenvalue weighted by Gasteiger charge is -2.11. The SMILES string of the molecule is CC1CCNC1.CCc1nc(-c2cc(N)ccc2Cl)c(F)c2c1cnn2C1CC1. The Morgan fingerprint density at radius 3 is 2.69 bits per heavy atom. The number of nitrogens with one attached hydrogen (secondary N) is 1. The number of benzene rings is 1. The molecule has 1 atom stereocenters. The van der Waals surface area contributed by atoms with Crippen LogP contribution in [0.2, 0.25) is 5.02 Å². The Morgan fingerprint density at radius 2 is 2.10 bits per heavy atom. The highest BCUT2D eigenvalue weighted by Crippen LogP contribution is 2.40. The zero-order chi connectivity index (χ0) is 20.5. The smallest absolute Gasteiger partial charge is 0.175 e. The molecule has 0 spiro atoms. The number of rotatable bonds is 3. The van der Waals surface area contributed by atoms with Crippen LogP contribution >= 0.6 is 11.6 Å². The van der Waals surface area contributed by atoms with Crippen molar-refractivity contribution >= 4 is 28.2 Å². The highest BCUT2D eigenvalue weighted by atomic mass is 35.5. The van der Waals surface area contributed by atoms with Crippen LogP contribution in [0.4, 0.5) is 10.1 Å². The molecular weight excluding hydrogens is 389 g/mol. The van der Waals surface area contributed by atoms with Crippen molar-refractivity contribution in [3.05, 3.63) is 40.9 Å². The van der Waals surface area contributed by atoms with Gasteiger partial charge in [-0.25, -0.2) is 9.37 Å². The molecule has 1 unspecified atom stereocenters. The molecule has 1 saturated carbocycles. The van der Waals surface area contributed by atoms with Crippen molar-refractivity contribution in [3.63, 3.8) is 0 Å². The Hall–Kier alpha value is -2.18. The number of halogens is 2. The number of nitrogens with zero attached hydrogens (tertiary/aromatic N) is 3. The molecule has 1 aliphatic heterocycles. The molecule has 5 rings (SSSR count). The first-order valence-electron chi connectivity index (χ1n) is 10.3. The van der Waals surface area contributed by atoms with Crippen LogP contribution in [0.1, 0.15) is 44.8 Å². The Bertz CT molecular complexity index is 1020. The van der Waals surface area contributed by atoms with Gasteiger partial charge in [-0.1, -0.05) is 25.4 Å². The third kappa shape index (κ3) is 4.09. The molecule has 2 aromatic heterocycles. The maximum Gasteiger partial charge on any atom is 0.175 e. The average Bonchev–Trinajstić information content (AvgIpc) is 3.27. The summed E-state index contributed by atoms with van der Waals surface area (Å²) in [6.45, 7) is 6.75. The van der Waals surface area contributed by atoms with E-state index in [-0.39, 0.29) is 11.5 Å². The van der Waals surface area contributed by atoms with Crippen LogP contribution in [-0.4, -0.2) is 27.9 Å². The van der Waals surface area contributed by atoms with E-state index in [0.717, 1.165) is 29.8 Å². The summed E-state index contributed by atoms with van der Waals surface area (Å²) in [5.41, 5.74) is 8.47. The minimum absolute atomic E-state index is 0.244. The molecule has 1 saturated heterocycles. The summed E-state index contributed by atoms with van der Waals surface area (Å²) in [6, 6.07) is 5.31. The largest absolute Gasteiger partial charge is 0.399 e. The van der Waals surface area contributed by atoms with Gasteiger partial charge in [-0.2, -0.15) is 5.10 Å². The second kappa shape index (κ2) is 8.28. The van der Waals surface area contributed by atoms with Crippen molar-refractivity contribution in [2.45, 2.75) is 45.6 Å². The van der Waals surface area contributed by atoms with Gasteiger partial charge in [0.05, 0.1) is 23.0 Å². The van der Waals surface area contributed by atoms with Gasteiger partial charge in [0.25, 0.3) is 0 Å². The summed E-state index contributed by atoms with van der Waals surface area (Å²) in [7, 11) is 0. The minimum atomic E-state index is -0.380. The maximum absolute atomic E-state index is 15.2. The zero-order valence-electron chi connectivity index (χ0n) is 16.9. The molecule has 2 fully saturated rings.